The molecule has 1 aromatic carbocycles. The van der Waals surface area contributed by atoms with Crippen LogP contribution in [0.5, 0.6) is 0 Å². The second-order valence-corrected chi connectivity index (χ2v) is 5.02. The number of hydrogen-bond donors (Lipinski definition) is 0. The van der Waals surface area contributed by atoms with E-state index in [4.69, 9.17) is 4.74 Å². The Labute approximate surface area is 129 Å². The number of carbonyl (C=O) groups excluding carboxylic acids is 3. The summed E-state index contributed by atoms with van der Waals surface area (Å²) in [6.45, 7) is 3.82. The van der Waals surface area contributed by atoms with Crippen LogP contribution in [-0.2, 0) is 19.1 Å². The van der Waals surface area contributed by atoms with Gasteiger partial charge in [-0.15, -0.1) is 0 Å². The molecule has 0 N–H and O–H groups in total. The minimum atomic E-state index is -1.13. The fourth-order valence-corrected chi connectivity index (χ4v) is 2.32. The van der Waals surface area contributed by atoms with Crippen molar-refractivity contribution in [2.75, 3.05) is 6.54 Å². The lowest BCUT2D eigenvalue weighted by molar-refractivity contribution is -0.155. The zero-order valence-corrected chi connectivity index (χ0v) is 12.7. The molecule has 2 amide bonds. The lowest BCUT2D eigenvalue weighted by Gasteiger charge is -2.12. The van der Waals surface area contributed by atoms with Crippen LogP contribution in [0, 0.1) is 0 Å². The Morgan fingerprint density at radius 1 is 1.23 bits per heavy atom. The van der Waals surface area contributed by atoms with Gasteiger partial charge in [0.1, 0.15) is 0 Å². The highest BCUT2D eigenvalue weighted by Crippen LogP contribution is 2.25. The fraction of sp³-hybridized carbons (Fsp3) is 0.353. The quantitative estimate of drug-likeness (QED) is 0.475. The third-order valence-corrected chi connectivity index (χ3v) is 3.41. The molecule has 5 nitrogen and oxygen atoms in total. The van der Waals surface area contributed by atoms with Crippen LogP contribution in [-0.4, -0.2) is 35.3 Å². The first-order valence-electron chi connectivity index (χ1n) is 7.40. The molecule has 1 fully saturated rings. The zero-order chi connectivity index (χ0) is 16.1. The van der Waals surface area contributed by atoms with Crippen molar-refractivity contribution in [1.82, 2.24) is 4.90 Å². The summed E-state index contributed by atoms with van der Waals surface area (Å²) >= 11 is 0. The first-order chi connectivity index (χ1) is 10.6. The van der Waals surface area contributed by atoms with Crippen LogP contribution >= 0.6 is 0 Å². The Kier molecular flexibility index (Phi) is 5.09. The Hall–Kier alpha value is -2.43. The summed E-state index contributed by atoms with van der Waals surface area (Å²) in [6, 6.07) is 9.18. The van der Waals surface area contributed by atoms with E-state index < -0.39 is 23.9 Å². The van der Waals surface area contributed by atoms with Gasteiger partial charge in [-0.05, 0) is 25.0 Å². The second kappa shape index (κ2) is 7.02. The number of hydrogen-bond acceptors (Lipinski definition) is 4. The lowest BCUT2D eigenvalue weighted by Crippen LogP contribution is -2.33. The van der Waals surface area contributed by atoms with E-state index in [1.165, 1.54) is 0 Å². The third-order valence-electron chi connectivity index (χ3n) is 3.41. The molecule has 0 aromatic heterocycles. The number of esters is 1. The predicted octanol–water partition coefficient (Wildman–Crippen LogP) is 2.17. The summed E-state index contributed by atoms with van der Waals surface area (Å²) in [5.74, 6) is -1.34. The Morgan fingerprint density at radius 2 is 1.91 bits per heavy atom. The van der Waals surface area contributed by atoms with Crippen LogP contribution in [0.3, 0.4) is 0 Å². The number of benzene rings is 1. The van der Waals surface area contributed by atoms with Gasteiger partial charge in [-0.1, -0.05) is 37.3 Å². The molecule has 2 rings (SSSR count). The van der Waals surface area contributed by atoms with Gasteiger partial charge in [0.25, 0.3) is 11.8 Å². The standard InChI is InChI=1S/C17H19NO4/c1-3-8-14(19)22-15-13(11-12-9-6-5-7-10-12)16(20)18(4-2)17(15)21/h5-7,9-11,15H,3-4,8H2,1-2H3. The summed E-state index contributed by atoms with van der Waals surface area (Å²) in [5, 5.41) is 0. The molecule has 1 saturated heterocycles. The third kappa shape index (κ3) is 3.24. The highest BCUT2D eigenvalue weighted by Gasteiger charge is 2.44. The van der Waals surface area contributed by atoms with Crippen molar-refractivity contribution in [1.29, 1.82) is 0 Å². The lowest BCUT2D eigenvalue weighted by atomic mass is 10.1. The molecule has 0 bridgehead atoms. The number of ether oxygens (including phenoxy) is 1. The second-order valence-electron chi connectivity index (χ2n) is 5.02. The molecule has 0 saturated carbocycles. The minimum absolute atomic E-state index is 0.211. The molecule has 1 unspecified atom stereocenters. The van der Waals surface area contributed by atoms with Crippen molar-refractivity contribution in [3.05, 3.63) is 41.5 Å². The Bertz CT molecular complexity index is 606. The largest absolute Gasteiger partial charge is 0.447 e. The van der Waals surface area contributed by atoms with Crippen molar-refractivity contribution in [3.8, 4) is 0 Å². The summed E-state index contributed by atoms with van der Waals surface area (Å²) in [5.41, 5.74) is 0.996. The molecule has 1 aliphatic heterocycles. The van der Waals surface area contributed by atoms with E-state index in [9.17, 15) is 14.4 Å². The van der Waals surface area contributed by atoms with Gasteiger partial charge in [0.2, 0.25) is 6.10 Å². The normalized spacial score (nSPS) is 19.8. The maximum absolute atomic E-state index is 12.3. The van der Waals surface area contributed by atoms with Crippen molar-refractivity contribution in [2.24, 2.45) is 0 Å². The van der Waals surface area contributed by atoms with E-state index in [1.807, 2.05) is 37.3 Å². The number of amides is 2. The van der Waals surface area contributed by atoms with E-state index in [1.54, 1.807) is 13.0 Å². The molecule has 1 heterocycles. The van der Waals surface area contributed by atoms with Crippen LogP contribution in [0.1, 0.15) is 32.3 Å². The van der Waals surface area contributed by atoms with Gasteiger partial charge in [-0.2, -0.15) is 0 Å². The van der Waals surface area contributed by atoms with E-state index >= 15 is 0 Å². The first-order valence-corrected chi connectivity index (χ1v) is 7.40. The summed E-state index contributed by atoms with van der Waals surface area (Å²) in [6.07, 6.45) is 1.33. The van der Waals surface area contributed by atoms with Gasteiger partial charge in [-0.3, -0.25) is 19.3 Å². The van der Waals surface area contributed by atoms with E-state index in [0.29, 0.717) is 6.42 Å². The highest BCUT2D eigenvalue weighted by atomic mass is 16.5. The number of carbonyl (C=O) groups is 3. The molecule has 0 spiro atoms. The maximum Gasteiger partial charge on any atom is 0.306 e. The van der Waals surface area contributed by atoms with E-state index in [2.05, 4.69) is 0 Å². The minimum Gasteiger partial charge on any atom is -0.447 e. The smallest absolute Gasteiger partial charge is 0.306 e. The number of rotatable bonds is 5. The molecular weight excluding hydrogens is 282 g/mol. The monoisotopic (exact) mass is 301 g/mol. The average Bonchev–Trinajstić information content (AvgIpc) is 2.72. The number of likely N-dealkylation sites (tertiary alicyclic amines) is 1. The van der Waals surface area contributed by atoms with Crippen LogP contribution in [0.4, 0.5) is 0 Å². The SMILES string of the molecule is CCCC(=O)OC1C(=O)N(CC)C(=O)C1=Cc1ccccc1. The van der Waals surface area contributed by atoms with E-state index in [0.717, 1.165) is 10.5 Å². The first kappa shape index (κ1) is 15.9. The zero-order valence-electron chi connectivity index (χ0n) is 12.7. The fourth-order valence-electron chi connectivity index (χ4n) is 2.32. The van der Waals surface area contributed by atoms with Gasteiger partial charge < -0.3 is 4.74 Å². The van der Waals surface area contributed by atoms with Gasteiger partial charge >= 0.3 is 5.97 Å². The molecule has 116 valence electrons. The summed E-state index contributed by atoms with van der Waals surface area (Å²) < 4.78 is 5.23. The maximum atomic E-state index is 12.3. The molecule has 0 aliphatic carbocycles. The van der Waals surface area contributed by atoms with Gasteiger partial charge in [0, 0.05) is 13.0 Å². The van der Waals surface area contributed by atoms with Crippen LogP contribution in [0.25, 0.3) is 6.08 Å². The van der Waals surface area contributed by atoms with Gasteiger partial charge in [0.15, 0.2) is 0 Å². The summed E-state index contributed by atoms with van der Waals surface area (Å²) in [7, 11) is 0. The molecule has 0 radical (unpaired) electrons. The number of imide groups is 1. The Morgan fingerprint density at radius 3 is 2.50 bits per heavy atom. The predicted molar refractivity (Wildman–Crippen MR) is 81.6 cm³/mol. The van der Waals surface area contributed by atoms with Crippen molar-refractivity contribution in [2.45, 2.75) is 32.8 Å². The molecule has 1 atom stereocenters. The highest BCUT2D eigenvalue weighted by molar-refractivity contribution is 6.18. The van der Waals surface area contributed by atoms with Gasteiger partial charge in [-0.25, -0.2) is 0 Å². The van der Waals surface area contributed by atoms with Crippen molar-refractivity contribution in [3.63, 3.8) is 0 Å². The average molecular weight is 301 g/mol. The molecule has 1 aliphatic rings. The topological polar surface area (TPSA) is 63.7 Å². The van der Waals surface area contributed by atoms with Crippen LogP contribution < -0.4 is 0 Å². The summed E-state index contributed by atoms with van der Waals surface area (Å²) in [4.78, 5) is 37.4. The van der Waals surface area contributed by atoms with Crippen LogP contribution in [0.15, 0.2) is 35.9 Å². The number of nitrogens with zero attached hydrogens (tertiary/aromatic N) is 1. The van der Waals surface area contributed by atoms with E-state index in [-0.39, 0.29) is 18.5 Å². The Balaban J connectivity index is 2.34. The molecule has 1 aromatic rings. The van der Waals surface area contributed by atoms with Crippen molar-refractivity contribution >= 4 is 23.9 Å². The molecule has 5 heteroatoms. The molecule has 22 heavy (non-hydrogen) atoms. The number of likely N-dealkylation sites (N-methyl/N-ethyl adjacent to an activating group) is 1. The van der Waals surface area contributed by atoms with Crippen LogP contribution in [0.2, 0.25) is 0 Å². The molecular formula is C17H19NO4. The van der Waals surface area contributed by atoms with Crippen molar-refractivity contribution < 1.29 is 19.1 Å². The van der Waals surface area contributed by atoms with Gasteiger partial charge in [0.05, 0.1) is 5.57 Å².